The monoisotopic (exact) mass is 362 g/mol. The van der Waals surface area contributed by atoms with E-state index in [9.17, 15) is 22.8 Å². The Morgan fingerprint density at radius 1 is 1.35 bits per heavy atom. The largest absolute Gasteiger partial charge is 0.400 e. The second-order valence-corrected chi connectivity index (χ2v) is 6.98. The second kappa shape index (κ2) is 7.75. The molecular weight excluding hydrogens is 345 g/mol. The van der Waals surface area contributed by atoms with Gasteiger partial charge < -0.3 is 0 Å². The molecule has 0 spiro atoms. The standard InChI is InChI=1S/C16H17F3O2S2/c17-16(18,19)13(15(21)23-9-3-8-22)12-7-6-10-4-1-2-5-11(10)14(12)20/h1-2,4-5,12-13,22H,3,6-9H2. The van der Waals surface area contributed by atoms with Crippen molar-refractivity contribution in [2.24, 2.45) is 11.8 Å². The van der Waals surface area contributed by atoms with E-state index in [-0.39, 0.29) is 12.2 Å². The Morgan fingerprint density at radius 3 is 2.70 bits per heavy atom. The fourth-order valence-corrected chi connectivity index (χ4v) is 4.13. The maximum atomic E-state index is 13.4. The number of halogens is 3. The fraction of sp³-hybridized carbons (Fsp3) is 0.500. The van der Waals surface area contributed by atoms with E-state index in [1.165, 1.54) is 6.07 Å². The molecule has 126 valence electrons. The van der Waals surface area contributed by atoms with Crippen LogP contribution in [-0.2, 0) is 11.2 Å². The van der Waals surface area contributed by atoms with Crippen molar-refractivity contribution in [1.82, 2.24) is 0 Å². The summed E-state index contributed by atoms with van der Waals surface area (Å²) in [5.41, 5.74) is 1.07. The van der Waals surface area contributed by atoms with Crippen LogP contribution in [0.4, 0.5) is 13.2 Å². The third kappa shape index (κ3) is 4.32. The highest BCUT2D eigenvalue weighted by Crippen LogP contribution is 2.41. The molecular formula is C16H17F3O2S2. The topological polar surface area (TPSA) is 34.1 Å². The number of ketones is 1. The van der Waals surface area contributed by atoms with Crippen LogP contribution in [0.3, 0.4) is 0 Å². The lowest BCUT2D eigenvalue weighted by atomic mass is 9.76. The minimum absolute atomic E-state index is 0.0545. The van der Waals surface area contributed by atoms with Crippen LogP contribution < -0.4 is 0 Å². The van der Waals surface area contributed by atoms with Gasteiger partial charge in [-0.15, -0.1) is 0 Å². The molecule has 0 aliphatic heterocycles. The zero-order chi connectivity index (χ0) is 17.0. The number of thiol groups is 1. The van der Waals surface area contributed by atoms with Gasteiger partial charge in [-0.2, -0.15) is 25.8 Å². The van der Waals surface area contributed by atoms with E-state index >= 15 is 0 Å². The Balaban J connectivity index is 2.24. The minimum atomic E-state index is -4.71. The Bertz CT molecular complexity index is 587. The van der Waals surface area contributed by atoms with Gasteiger partial charge in [0.05, 0.1) is 0 Å². The molecule has 0 saturated heterocycles. The van der Waals surface area contributed by atoms with Crippen LogP contribution in [0.1, 0.15) is 28.8 Å². The quantitative estimate of drug-likeness (QED) is 0.630. The van der Waals surface area contributed by atoms with Crippen molar-refractivity contribution in [3.05, 3.63) is 35.4 Å². The highest BCUT2D eigenvalue weighted by molar-refractivity contribution is 8.13. The molecule has 0 N–H and O–H groups in total. The Hall–Kier alpha value is -0.950. The number of alkyl halides is 3. The molecule has 2 unspecified atom stereocenters. The first-order valence-electron chi connectivity index (χ1n) is 7.32. The molecule has 0 aromatic heterocycles. The van der Waals surface area contributed by atoms with Gasteiger partial charge in [0, 0.05) is 17.2 Å². The molecule has 1 aromatic carbocycles. The summed E-state index contributed by atoms with van der Waals surface area (Å²) in [5, 5.41) is -0.961. The molecule has 0 heterocycles. The average Bonchev–Trinajstić information content (AvgIpc) is 2.49. The Labute approximate surface area is 142 Å². The lowest BCUT2D eigenvalue weighted by molar-refractivity contribution is -0.184. The second-order valence-electron chi connectivity index (χ2n) is 5.43. The van der Waals surface area contributed by atoms with Gasteiger partial charge in [0.1, 0.15) is 5.92 Å². The summed E-state index contributed by atoms with van der Waals surface area (Å²) in [6, 6.07) is 6.67. The Kier molecular flexibility index (Phi) is 6.19. The maximum Gasteiger partial charge on any atom is 0.400 e. The highest BCUT2D eigenvalue weighted by atomic mass is 32.2. The average molecular weight is 362 g/mol. The van der Waals surface area contributed by atoms with Crippen LogP contribution in [0.15, 0.2) is 24.3 Å². The van der Waals surface area contributed by atoms with E-state index in [2.05, 4.69) is 12.6 Å². The van der Waals surface area contributed by atoms with E-state index in [0.29, 0.717) is 35.9 Å². The number of carbonyl (C=O) groups is 2. The number of rotatable bonds is 5. The molecule has 0 radical (unpaired) electrons. The van der Waals surface area contributed by atoms with Crippen LogP contribution in [0, 0.1) is 11.8 Å². The molecule has 2 atom stereocenters. The smallest absolute Gasteiger partial charge is 0.294 e. The molecule has 0 amide bonds. The fourth-order valence-electron chi connectivity index (χ4n) is 2.79. The number of hydrogen-bond donors (Lipinski definition) is 1. The summed E-state index contributed by atoms with van der Waals surface area (Å²) < 4.78 is 40.2. The van der Waals surface area contributed by atoms with Crippen molar-refractivity contribution in [3.8, 4) is 0 Å². The van der Waals surface area contributed by atoms with E-state index in [1.807, 2.05) is 0 Å². The van der Waals surface area contributed by atoms with Crippen LogP contribution in [-0.4, -0.2) is 28.6 Å². The number of Topliss-reactive ketones (excluding diaryl/α,β-unsaturated/α-hetero) is 1. The molecule has 0 fully saturated rings. The van der Waals surface area contributed by atoms with Gasteiger partial charge in [0.2, 0.25) is 5.12 Å². The zero-order valence-corrected chi connectivity index (χ0v) is 14.0. The molecule has 7 heteroatoms. The van der Waals surface area contributed by atoms with Crippen molar-refractivity contribution in [2.75, 3.05) is 11.5 Å². The van der Waals surface area contributed by atoms with E-state index in [4.69, 9.17) is 0 Å². The summed E-state index contributed by atoms with van der Waals surface area (Å²) in [6.07, 6.45) is -3.73. The van der Waals surface area contributed by atoms with Crippen molar-refractivity contribution < 1.29 is 22.8 Å². The Morgan fingerprint density at radius 2 is 2.04 bits per heavy atom. The summed E-state index contributed by atoms with van der Waals surface area (Å²) in [7, 11) is 0. The molecule has 2 rings (SSSR count). The van der Waals surface area contributed by atoms with Crippen molar-refractivity contribution in [1.29, 1.82) is 0 Å². The van der Waals surface area contributed by atoms with Gasteiger partial charge in [0.25, 0.3) is 0 Å². The summed E-state index contributed by atoms with van der Waals surface area (Å²) >= 11 is 4.63. The number of carbonyl (C=O) groups excluding carboxylic acids is 2. The highest BCUT2D eigenvalue weighted by Gasteiger charge is 2.52. The van der Waals surface area contributed by atoms with Crippen LogP contribution in [0.25, 0.3) is 0 Å². The van der Waals surface area contributed by atoms with Crippen LogP contribution in [0.5, 0.6) is 0 Å². The van der Waals surface area contributed by atoms with E-state index < -0.39 is 28.9 Å². The molecule has 1 aliphatic carbocycles. The zero-order valence-electron chi connectivity index (χ0n) is 12.3. The van der Waals surface area contributed by atoms with Crippen molar-refractivity contribution in [2.45, 2.75) is 25.4 Å². The predicted molar refractivity (Wildman–Crippen MR) is 88.1 cm³/mol. The van der Waals surface area contributed by atoms with Gasteiger partial charge in [-0.1, -0.05) is 36.0 Å². The molecule has 1 aliphatic rings. The SMILES string of the molecule is O=C1c2ccccc2CCC1C(C(=O)SCCCS)C(F)(F)F. The van der Waals surface area contributed by atoms with Gasteiger partial charge >= 0.3 is 6.18 Å². The van der Waals surface area contributed by atoms with E-state index in [1.54, 1.807) is 18.2 Å². The van der Waals surface area contributed by atoms with Crippen LogP contribution in [0.2, 0.25) is 0 Å². The summed E-state index contributed by atoms with van der Waals surface area (Å²) in [5.74, 6) is -3.33. The minimum Gasteiger partial charge on any atom is -0.294 e. The first-order chi connectivity index (χ1) is 10.9. The molecule has 23 heavy (non-hydrogen) atoms. The van der Waals surface area contributed by atoms with Crippen molar-refractivity contribution >= 4 is 35.3 Å². The number of aryl methyl sites for hydroxylation is 1. The maximum absolute atomic E-state index is 13.4. The molecule has 1 aromatic rings. The number of benzene rings is 1. The summed E-state index contributed by atoms with van der Waals surface area (Å²) in [4.78, 5) is 24.6. The third-order valence-electron chi connectivity index (χ3n) is 3.90. The first kappa shape index (κ1) is 18.4. The van der Waals surface area contributed by atoms with Gasteiger partial charge in [-0.25, -0.2) is 0 Å². The third-order valence-corrected chi connectivity index (χ3v) is 5.25. The van der Waals surface area contributed by atoms with Gasteiger partial charge in [0.15, 0.2) is 5.78 Å². The first-order valence-corrected chi connectivity index (χ1v) is 8.94. The lowest BCUT2D eigenvalue weighted by Crippen LogP contribution is -2.41. The normalized spacial score (nSPS) is 19.3. The van der Waals surface area contributed by atoms with Gasteiger partial charge in [-0.3, -0.25) is 9.59 Å². The molecule has 0 saturated carbocycles. The van der Waals surface area contributed by atoms with Gasteiger partial charge in [-0.05, 0) is 30.6 Å². The van der Waals surface area contributed by atoms with Crippen molar-refractivity contribution in [3.63, 3.8) is 0 Å². The predicted octanol–water partition coefficient (Wildman–Crippen LogP) is 4.19. The molecule has 2 nitrogen and oxygen atoms in total. The lowest BCUT2D eigenvalue weighted by Gasteiger charge is -2.30. The number of fused-ring (bicyclic) bond motifs is 1. The number of hydrogen-bond acceptors (Lipinski definition) is 4. The van der Waals surface area contributed by atoms with E-state index in [0.717, 1.165) is 5.56 Å². The van der Waals surface area contributed by atoms with Crippen LogP contribution >= 0.6 is 24.4 Å². The molecule has 0 bridgehead atoms. The number of thioether (sulfide) groups is 1. The summed E-state index contributed by atoms with van der Waals surface area (Å²) in [6.45, 7) is 0.